The summed E-state index contributed by atoms with van der Waals surface area (Å²) in [5.41, 5.74) is 1.26. The zero-order chi connectivity index (χ0) is 19.2. The van der Waals surface area contributed by atoms with Gasteiger partial charge in [-0.15, -0.1) is 21.5 Å². The SMILES string of the molecule is O=C(NCCc1ccccc1)N1CCC(c2nnc(CC3CCCC3)s2)CC1. The lowest BCUT2D eigenvalue weighted by Crippen LogP contribution is -2.44. The van der Waals surface area contributed by atoms with E-state index in [9.17, 15) is 4.79 Å². The van der Waals surface area contributed by atoms with Gasteiger partial charge >= 0.3 is 6.03 Å². The van der Waals surface area contributed by atoms with Crippen LogP contribution in [0.2, 0.25) is 0 Å². The van der Waals surface area contributed by atoms with Crippen LogP contribution in [0.15, 0.2) is 30.3 Å². The topological polar surface area (TPSA) is 58.1 Å². The third-order valence-corrected chi connectivity index (χ3v) is 7.19. The Kier molecular flexibility index (Phi) is 6.57. The minimum Gasteiger partial charge on any atom is -0.338 e. The molecule has 1 saturated carbocycles. The van der Waals surface area contributed by atoms with E-state index < -0.39 is 0 Å². The molecule has 6 heteroatoms. The van der Waals surface area contributed by atoms with Crippen molar-refractivity contribution in [3.05, 3.63) is 45.9 Å². The number of rotatable bonds is 6. The number of likely N-dealkylation sites (tertiary alicyclic amines) is 1. The second-order valence-electron chi connectivity index (χ2n) is 8.12. The molecule has 0 unspecified atom stereocenters. The van der Waals surface area contributed by atoms with Crippen LogP contribution in [0.3, 0.4) is 0 Å². The Hall–Kier alpha value is -1.95. The third-order valence-electron chi connectivity index (χ3n) is 6.08. The Labute approximate surface area is 171 Å². The molecule has 28 heavy (non-hydrogen) atoms. The number of carbonyl (C=O) groups excluding carboxylic acids is 1. The molecule has 1 aromatic heterocycles. The fourth-order valence-corrected chi connectivity index (χ4v) is 5.50. The summed E-state index contributed by atoms with van der Waals surface area (Å²) >= 11 is 1.81. The molecule has 1 N–H and O–H groups in total. The van der Waals surface area contributed by atoms with Gasteiger partial charge in [0.05, 0.1) is 0 Å². The van der Waals surface area contributed by atoms with Gasteiger partial charge in [0.25, 0.3) is 0 Å². The highest BCUT2D eigenvalue weighted by atomic mass is 32.1. The Bertz CT molecular complexity index is 749. The maximum Gasteiger partial charge on any atom is 0.317 e. The highest BCUT2D eigenvalue weighted by Gasteiger charge is 2.26. The van der Waals surface area contributed by atoms with Crippen molar-refractivity contribution in [2.75, 3.05) is 19.6 Å². The molecule has 2 aliphatic rings. The smallest absolute Gasteiger partial charge is 0.317 e. The number of hydrogen-bond acceptors (Lipinski definition) is 4. The van der Waals surface area contributed by atoms with Gasteiger partial charge in [-0.1, -0.05) is 56.0 Å². The molecule has 150 valence electrons. The highest BCUT2D eigenvalue weighted by Crippen LogP contribution is 2.33. The van der Waals surface area contributed by atoms with Gasteiger partial charge in [-0.05, 0) is 30.7 Å². The fraction of sp³-hybridized carbons (Fsp3) is 0.591. The molecule has 1 aliphatic carbocycles. The molecule has 5 nitrogen and oxygen atoms in total. The quantitative estimate of drug-likeness (QED) is 0.784. The van der Waals surface area contributed by atoms with Crippen LogP contribution >= 0.6 is 11.3 Å². The Morgan fingerprint density at radius 1 is 1.07 bits per heavy atom. The summed E-state index contributed by atoms with van der Waals surface area (Å²) in [6.07, 6.45) is 9.43. The second kappa shape index (κ2) is 9.50. The van der Waals surface area contributed by atoms with E-state index in [0.29, 0.717) is 12.5 Å². The number of amides is 2. The van der Waals surface area contributed by atoms with Crippen LogP contribution in [-0.2, 0) is 12.8 Å². The molecule has 0 bridgehead atoms. The molecule has 0 spiro atoms. The summed E-state index contributed by atoms with van der Waals surface area (Å²) < 4.78 is 0. The summed E-state index contributed by atoms with van der Waals surface area (Å²) in [5, 5.41) is 14.4. The molecule has 2 heterocycles. The van der Waals surface area contributed by atoms with Crippen molar-refractivity contribution in [2.45, 2.75) is 57.3 Å². The second-order valence-corrected chi connectivity index (χ2v) is 9.21. The summed E-state index contributed by atoms with van der Waals surface area (Å²) in [7, 11) is 0. The summed E-state index contributed by atoms with van der Waals surface area (Å²) in [6, 6.07) is 10.3. The van der Waals surface area contributed by atoms with Gasteiger partial charge in [-0.25, -0.2) is 4.79 Å². The highest BCUT2D eigenvalue weighted by molar-refractivity contribution is 7.11. The molecular weight excluding hydrogens is 368 g/mol. The Morgan fingerprint density at radius 3 is 2.57 bits per heavy atom. The van der Waals surface area contributed by atoms with Gasteiger partial charge in [-0.2, -0.15) is 0 Å². The first kappa shape index (κ1) is 19.4. The number of urea groups is 1. The van der Waals surface area contributed by atoms with Crippen molar-refractivity contribution in [1.29, 1.82) is 0 Å². The molecule has 2 aromatic rings. The maximum atomic E-state index is 12.4. The lowest BCUT2D eigenvalue weighted by Gasteiger charge is -2.31. The van der Waals surface area contributed by atoms with Gasteiger partial charge < -0.3 is 10.2 Å². The van der Waals surface area contributed by atoms with Crippen LogP contribution in [0.25, 0.3) is 0 Å². The molecule has 4 rings (SSSR count). The third kappa shape index (κ3) is 5.10. The van der Waals surface area contributed by atoms with Crippen molar-refractivity contribution in [2.24, 2.45) is 5.92 Å². The molecule has 1 aliphatic heterocycles. The average molecular weight is 399 g/mol. The molecule has 1 saturated heterocycles. The lowest BCUT2D eigenvalue weighted by molar-refractivity contribution is 0.181. The Morgan fingerprint density at radius 2 is 1.82 bits per heavy atom. The summed E-state index contributed by atoms with van der Waals surface area (Å²) in [4.78, 5) is 14.4. The fourth-order valence-electron chi connectivity index (χ4n) is 4.38. The van der Waals surface area contributed by atoms with Crippen LogP contribution in [-0.4, -0.2) is 40.8 Å². The minimum absolute atomic E-state index is 0.0635. The van der Waals surface area contributed by atoms with Gasteiger partial charge in [0.1, 0.15) is 10.0 Å². The molecular formula is C22H30N4OS. The van der Waals surface area contributed by atoms with E-state index in [-0.39, 0.29) is 6.03 Å². The lowest BCUT2D eigenvalue weighted by atomic mass is 9.98. The summed E-state index contributed by atoms with van der Waals surface area (Å²) in [6.45, 7) is 2.29. The van der Waals surface area contributed by atoms with E-state index in [2.05, 4.69) is 27.6 Å². The normalized spacial score (nSPS) is 18.5. The van der Waals surface area contributed by atoms with Crippen molar-refractivity contribution in [3.63, 3.8) is 0 Å². The maximum absolute atomic E-state index is 12.4. The van der Waals surface area contributed by atoms with Crippen molar-refractivity contribution in [1.82, 2.24) is 20.4 Å². The number of piperidine rings is 1. The van der Waals surface area contributed by atoms with Crippen LogP contribution in [0, 0.1) is 5.92 Å². The van der Waals surface area contributed by atoms with Gasteiger partial charge in [0.2, 0.25) is 0 Å². The molecule has 2 fully saturated rings. The number of benzene rings is 1. The van der Waals surface area contributed by atoms with Crippen LogP contribution in [0.5, 0.6) is 0 Å². The average Bonchev–Trinajstić information content (AvgIpc) is 3.41. The Balaban J connectivity index is 1.19. The monoisotopic (exact) mass is 398 g/mol. The first-order valence-corrected chi connectivity index (χ1v) is 11.5. The first-order chi connectivity index (χ1) is 13.8. The summed E-state index contributed by atoms with van der Waals surface area (Å²) in [5.74, 6) is 1.28. The van der Waals surface area contributed by atoms with E-state index in [1.165, 1.54) is 41.3 Å². The van der Waals surface area contributed by atoms with Crippen LogP contribution < -0.4 is 5.32 Å². The van der Waals surface area contributed by atoms with Crippen molar-refractivity contribution in [3.8, 4) is 0 Å². The van der Waals surface area contributed by atoms with Crippen LogP contribution in [0.1, 0.15) is 60.0 Å². The number of hydrogen-bond donors (Lipinski definition) is 1. The number of nitrogens with one attached hydrogen (secondary N) is 1. The predicted octanol–water partition coefficient (Wildman–Crippen LogP) is 4.40. The van der Waals surface area contributed by atoms with Crippen molar-refractivity contribution < 1.29 is 4.79 Å². The molecule has 2 amide bonds. The zero-order valence-corrected chi connectivity index (χ0v) is 17.3. The van der Waals surface area contributed by atoms with E-state index in [1.807, 2.05) is 23.1 Å². The predicted molar refractivity (Wildman–Crippen MR) is 113 cm³/mol. The standard InChI is InChI=1S/C22H30N4OS/c27-22(23-13-10-17-6-2-1-3-7-17)26-14-11-19(12-15-26)21-25-24-20(28-21)16-18-8-4-5-9-18/h1-3,6-7,18-19H,4-5,8-16H2,(H,23,27). The zero-order valence-electron chi connectivity index (χ0n) is 16.5. The molecule has 0 radical (unpaired) electrons. The van der Waals surface area contributed by atoms with E-state index >= 15 is 0 Å². The van der Waals surface area contributed by atoms with Gasteiger partial charge in [0.15, 0.2) is 0 Å². The molecule has 0 atom stereocenters. The minimum atomic E-state index is 0.0635. The number of carbonyl (C=O) groups is 1. The van der Waals surface area contributed by atoms with E-state index in [4.69, 9.17) is 0 Å². The molecule has 1 aromatic carbocycles. The first-order valence-electron chi connectivity index (χ1n) is 10.7. The largest absolute Gasteiger partial charge is 0.338 e. The number of aromatic nitrogens is 2. The van der Waals surface area contributed by atoms with Crippen LogP contribution in [0.4, 0.5) is 4.79 Å². The van der Waals surface area contributed by atoms with Crippen molar-refractivity contribution >= 4 is 17.4 Å². The van der Waals surface area contributed by atoms with E-state index in [0.717, 1.165) is 44.7 Å². The van der Waals surface area contributed by atoms with Gasteiger partial charge in [-0.3, -0.25) is 0 Å². The van der Waals surface area contributed by atoms with E-state index in [1.54, 1.807) is 11.3 Å². The van der Waals surface area contributed by atoms with Gasteiger partial charge in [0, 0.05) is 32.0 Å². The number of nitrogens with zero attached hydrogens (tertiary/aromatic N) is 3.